The lowest BCUT2D eigenvalue weighted by atomic mass is 10.3. The molecule has 0 aliphatic carbocycles. The summed E-state index contributed by atoms with van der Waals surface area (Å²) in [6.07, 6.45) is -0.0460. The quantitative estimate of drug-likeness (QED) is 0.680. The van der Waals surface area contributed by atoms with Crippen molar-refractivity contribution in [2.45, 2.75) is 19.4 Å². The molecule has 0 radical (unpaired) electrons. The lowest BCUT2D eigenvalue weighted by Crippen LogP contribution is -2.38. The lowest BCUT2D eigenvalue weighted by Gasteiger charge is -2.07. The van der Waals surface area contributed by atoms with Gasteiger partial charge in [0.15, 0.2) is 0 Å². The number of carbonyl (C=O) groups excluding carboxylic acids is 1. The van der Waals surface area contributed by atoms with E-state index in [0.29, 0.717) is 0 Å². The highest BCUT2D eigenvalue weighted by atomic mass is 79.9. The van der Waals surface area contributed by atoms with E-state index in [4.69, 9.17) is 2.80 Å². The Morgan fingerprint density at radius 2 is 2.55 bits per heavy atom. The van der Waals surface area contributed by atoms with Crippen molar-refractivity contribution in [3.05, 3.63) is 0 Å². The zero-order chi connectivity index (χ0) is 10.4. The summed E-state index contributed by atoms with van der Waals surface area (Å²) in [5, 5.41) is 5.25. The predicted octanol–water partition coefficient (Wildman–Crippen LogP) is 0.361. The third kappa shape index (κ3) is 4.78. The normalized spacial score (nSPS) is 17.3. The third-order valence-electron chi connectivity index (χ3n) is 0.994. The van der Waals surface area contributed by atoms with E-state index in [1.54, 1.807) is 0 Å². The number of amides is 1. The van der Waals surface area contributed by atoms with E-state index in [9.17, 15) is 9.59 Å². The number of carboxylic acids is 1. The fourth-order valence-corrected chi connectivity index (χ4v) is 0.723. The van der Waals surface area contributed by atoms with Gasteiger partial charge in [-0.05, 0) is 6.92 Å². The maximum atomic E-state index is 11.0. The van der Waals surface area contributed by atoms with E-state index in [2.05, 4.69) is 26.4 Å². The molecule has 0 saturated heterocycles. The van der Waals surface area contributed by atoms with Crippen molar-refractivity contribution < 1.29 is 16.1 Å². The minimum atomic E-state index is -0.851. The summed E-state index contributed by atoms with van der Waals surface area (Å²) in [5.41, 5.74) is 0. The highest BCUT2D eigenvalue weighted by Crippen LogP contribution is 1.89. The molecule has 0 aromatic rings. The molecule has 2 atom stereocenters. The van der Waals surface area contributed by atoms with Gasteiger partial charge in [-0.15, -0.1) is 0 Å². The van der Waals surface area contributed by atoms with Gasteiger partial charge in [-0.1, -0.05) is 15.9 Å². The van der Waals surface area contributed by atoms with Crippen LogP contribution in [-0.4, -0.2) is 28.3 Å². The molecule has 0 aromatic heterocycles. The Balaban J connectivity index is 3.85. The molecule has 0 aromatic carbocycles. The number of carboxylic acid groups (broad SMARTS) is 1. The number of hydrogen-bond acceptors (Lipinski definition) is 3. The molecule has 0 aliphatic rings. The van der Waals surface area contributed by atoms with E-state index in [0.717, 1.165) is 0 Å². The zero-order valence-corrected chi connectivity index (χ0v) is 7.55. The minimum absolute atomic E-state index is 0.0460. The molecule has 64 valence electrons. The molecule has 11 heavy (non-hydrogen) atoms. The number of aliphatic carboxylic acids is 1. The van der Waals surface area contributed by atoms with Crippen LogP contribution >= 0.6 is 15.9 Å². The second-order valence-corrected chi connectivity index (χ2v) is 2.61. The van der Waals surface area contributed by atoms with Crippen LogP contribution in [0.5, 0.6) is 0 Å². The van der Waals surface area contributed by atoms with Crippen molar-refractivity contribution in [2.75, 3.05) is 5.31 Å². The lowest BCUT2D eigenvalue weighted by molar-refractivity contribution is -0.141. The molecule has 2 N–H and O–H groups in total. The van der Waals surface area contributed by atoms with Crippen LogP contribution in [0.4, 0.5) is 0 Å². The van der Waals surface area contributed by atoms with Crippen LogP contribution in [0.1, 0.15) is 14.7 Å². The van der Waals surface area contributed by atoms with Crippen LogP contribution in [0.15, 0.2) is 0 Å². The second-order valence-electron chi connectivity index (χ2n) is 1.97. The van der Waals surface area contributed by atoms with Crippen molar-refractivity contribution in [3.63, 3.8) is 0 Å². The number of carbonyl (C=O) groups is 2. The average Bonchev–Trinajstić information content (AvgIpc) is 2.01. The van der Waals surface area contributed by atoms with Gasteiger partial charge in [-0.2, -0.15) is 0 Å². The highest BCUT2D eigenvalue weighted by Gasteiger charge is 2.12. The predicted molar refractivity (Wildman–Crippen MR) is 43.7 cm³/mol. The molecule has 0 rings (SSSR count). The van der Waals surface area contributed by atoms with Gasteiger partial charge >= 0.3 is 5.97 Å². The molecule has 0 fully saturated rings. The second kappa shape index (κ2) is 5.12. The molecule has 1 amide bonds. The minimum Gasteiger partial charge on any atom is -0.480 e. The monoisotopic (exact) mass is 225 g/mol. The van der Waals surface area contributed by atoms with E-state index in [1.807, 2.05) is 0 Å². The standard InChI is InChI=1S/C6H10BrNO3/c1-4(6(10)11)8-5(9)2-3-7/h4H,2-3H2,1H3,(H,8,9)(H,10,11)/t4-/m0/s1/i3D/hD/t3?,4-. The molecule has 0 aliphatic heterocycles. The van der Waals surface area contributed by atoms with Crippen molar-refractivity contribution >= 4 is 27.8 Å². The molecule has 4 nitrogen and oxygen atoms in total. The van der Waals surface area contributed by atoms with Crippen molar-refractivity contribution in [1.82, 2.24) is 5.32 Å². The Morgan fingerprint density at radius 1 is 1.91 bits per heavy atom. The molecule has 0 spiro atoms. The molecule has 0 bridgehead atoms. The summed E-state index contributed by atoms with van der Waals surface area (Å²) in [6.45, 7) is 1.40. The molecular formula is C6H10BrNO3. The average molecular weight is 226 g/mol. The zero-order valence-electron chi connectivity index (χ0n) is 7.96. The summed E-state index contributed by atoms with van der Waals surface area (Å²) in [7, 11) is 0. The van der Waals surface area contributed by atoms with Gasteiger partial charge in [0, 0.05) is 13.1 Å². The van der Waals surface area contributed by atoms with E-state index >= 15 is 0 Å². The summed E-state index contributed by atoms with van der Waals surface area (Å²) in [5.74, 6) is -1.26. The molecule has 0 heterocycles. The van der Waals surface area contributed by atoms with Crippen molar-refractivity contribution in [3.8, 4) is 0 Å². The Morgan fingerprint density at radius 3 is 3.00 bits per heavy atom. The number of alkyl halides is 1. The van der Waals surface area contributed by atoms with E-state index in [1.165, 1.54) is 6.92 Å². The van der Waals surface area contributed by atoms with Gasteiger partial charge in [-0.25, -0.2) is 0 Å². The van der Waals surface area contributed by atoms with Crippen LogP contribution in [0.3, 0.4) is 0 Å². The van der Waals surface area contributed by atoms with Crippen molar-refractivity contribution in [2.24, 2.45) is 0 Å². The first-order chi connectivity index (χ1) is 5.97. The van der Waals surface area contributed by atoms with E-state index in [-0.39, 0.29) is 6.42 Å². The van der Waals surface area contributed by atoms with Crippen LogP contribution < -0.4 is 5.32 Å². The Kier molecular flexibility index (Phi) is 3.30. The Hall–Kier alpha value is -0.580. The highest BCUT2D eigenvalue weighted by molar-refractivity contribution is 9.09. The van der Waals surface area contributed by atoms with Gasteiger partial charge < -0.3 is 10.4 Å². The van der Waals surface area contributed by atoms with Crippen LogP contribution in [0.2, 0.25) is 0 Å². The molecule has 0 saturated carbocycles. The first-order valence-corrected chi connectivity index (χ1v) is 3.91. The van der Waals surface area contributed by atoms with Gasteiger partial charge in [0.2, 0.25) is 5.91 Å². The van der Waals surface area contributed by atoms with Gasteiger partial charge in [0.25, 0.3) is 1.43 Å². The SMILES string of the molecule is [2H]OC(=O)[C@H](C)NC(=O)CC([2H])Br. The summed E-state index contributed by atoms with van der Waals surface area (Å²) >= 11 is 2.87. The maximum Gasteiger partial charge on any atom is 0.325 e. The summed E-state index contributed by atoms with van der Waals surface area (Å²) < 4.78 is 13.3. The van der Waals surface area contributed by atoms with Crippen LogP contribution in [-0.2, 0) is 9.59 Å². The first-order valence-electron chi connectivity index (χ1n) is 3.98. The smallest absolute Gasteiger partial charge is 0.325 e. The number of hydrogen-bond donors (Lipinski definition) is 2. The first kappa shape index (κ1) is 7.09. The largest absolute Gasteiger partial charge is 0.480 e. The maximum absolute atomic E-state index is 11.0. The molecule has 5 heteroatoms. The summed E-state index contributed by atoms with van der Waals surface area (Å²) in [4.78, 5) is 21.6. The van der Waals surface area contributed by atoms with Gasteiger partial charge in [-0.3, -0.25) is 9.59 Å². The third-order valence-corrected chi connectivity index (χ3v) is 1.32. The topological polar surface area (TPSA) is 66.4 Å². The van der Waals surface area contributed by atoms with Crippen LogP contribution in [0, 0.1) is 0 Å². The Labute approximate surface area is 76.0 Å². The fourth-order valence-electron chi connectivity index (χ4n) is 0.429. The van der Waals surface area contributed by atoms with Gasteiger partial charge in [0.05, 0.1) is 0 Å². The van der Waals surface area contributed by atoms with Crippen molar-refractivity contribution in [1.29, 1.82) is 1.43 Å². The number of halogens is 1. The van der Waals surface area contributed by atoms with E-state index < -0.39 is 23.2 Å². The molecular weight excluding hydrogens is 214 g/mol. The fraction of sp³-hybridized carbons (Fsp3) is 0.667. The number of rotatable bonds is 4. The molecule has 1 unspecified atom stereocenters. The van der Waals surface area contributed by atoms with Crippen LogP contribution in [0.25, 0.3) is 1.43 Å². The van der Waals surface area contributed by atoms with Gasteiger partial charge in [0.1, 0.15) is 6.04 Å². The number of nitrogens with one attached hydrogen (secondary N) is 1. The summed E-state index contributed by atoms with van der Waals surface area (Å²) in [6, 6.07) is -0.851. The Bertz CT molecular complexity index is 200.